The van der Waals surface area contributed by atoms with Crippen molar-refractivity contribution in [3.05, 3.63) is 196 Å². The maximum absolute atomic E-state index is 2.88. The summed E-state index contributed by atoms with van der Waals surface area (Å²) < 4.78 is 0. The zero-order chi connectivity index (χ0) is 63.3. The Hall–Kier alpha value is -6.78. The third kappa shape index (κ3) is 9.14. The van der Waals surface area contributed by atoms with E-state index in [9.17, 15) is 0 Å². The molecule has 0 spiro atoms. The zero-order valence-corrected chi connectivity index (χ0v) is 57.9. The van der Waals surface area contributed by atoms with Gasteiger partial charge < -0.3 is 14.7 Å². The highest BCUT2D eigenvalue weighted by molar-refractivity contribution is 7.00. The summed E-state index contributed by atoms with van der Waals surface area (Å²) in [7, 11) is 0. The van der Waals surface area contributed by atoms with Crippen LogP contribution >= 0.6 is 0 Å². The van der Waals surface area contributed by atoms with E-state index in [1.807, 2.05) is 0 Å². The molecule has 2 unspecified atom stereocenters. The Balaban J connectivity index is 1.14. The fourth-order valence-electron chi connectivity index (χ4n) is 17.6. The van der Waals surface area contributed by atoms with Crippen LogP contribution in [0, 0.1) is 6.92 Å². The van der Waals surface area contributed by atoms with Crippen LogP contribution in [0.2, 0.25) is 0 Å². The van der Waals surface area contributed by atoms with Crippen LogP contribution in [0.25, 0.3) is 22.3 Å². The van der Waals surface area contributed by atoms with Crippen LogP contribution in [0.1, 0.15) is 233 Å². The van der Waals surface area contributed by atoms with Crippen LogP contribution in [-0.4, -0.2) is 12.3 Å². The summed E-state index contributed by atoms with van der Waals surface area (Å²) in [5.41, 5.74) is 32.2. The Kier molecular flexibility index (Phi) is 13.2. The first-order valence-electron chi connectivity index (χ1n) is 34.2. The lowest BCUT2D eigenvalue weighted by atomic mass is 9.33. The molecule has 1 fully saturated rings. The molecule has 458 valence electrons. The monoisotopic (exact) mass is 1170 g/mol. The molecular weight excluding hydrogens is 1070 g/mol. The van der Waals surface area contributed by atoms with Gasteiger partial charge in [-0.2, -0.15) is 0 Å². The summed E-state index contributed by atoms with van der Waals surface area (Å²) in [5, 5.41) is 0. The number of nitrogens with zero attached hydrogens (tertiary/aromatic N) is 3. The number of anilines is 8. The summed E-state index contributed by atoms with van der Waals surface area (Å²) >= 11 is 0. The number of aryl methyl sites for hydroxylation is 1. The third-order valence-electron chi connectivity index (χ3n) is 23.9. The van der Waals surface area contributed by atoms with Crippen molar-refractivity contribution >= 4 is 68.6 Å². The average Bonchev–Trinajstić information content (AvgIpc) is 1.55. The van der Waals surface area contributed by atoms with E-state index in [1.165, 1.54) is 153 Å². The first-order chi connectivity index (χ1) is 41.6. The van der Waals surface area contributed by atoms with Crippen molar-refractivity contribution in [2.75, 3.05) is 14.7 Å². The second-order valence-electron chi connectivity index (χ2n) is 34.8. The summed E-state index contributed by atoms with van der Waals surface area (Å²) in [6.45, 7) is 49.0. The Morgan fingerprint density at radius 1 is 0.360 bits per heavy atom. The van der Waals surface area contributed by atoms with E-state index >= 15 is 0 Å². The van der Waals surface area contributed by atoms with Crippen LogP contribution in [0.4, 0.5) is 45.5 Å². The van der Waals surface area contributed by atoms with Gasteiger partial charge in [0, 0.05) is 50.8 Å². The molecule has 4 heteroatoms. The smallest absolute Gasteiger partial charge is 0.252 e. The first kappa shape index (κ1) is 59.8. The fourth-order valence-corrected chi connectivity index (χ4v) is 17.6. The number of rotatable bonds is 5. The van der Waals surface area contributed by atoms with Crippen LogP contribution in [0.5, 0.6) is 0 Å². The number of benzene rings is 8. The van der Waals surface area contributed by atoms with Crippen molar-refractivity contribution < 1.29 is 0 Å². The maximum atomic E-state index is 2.88. The van der Waals surface area contributed by atoms with Crippen LogP contribution in [-0.2, 0) is 43.3 Å². The van der Waals surface area contributed by atoms with Gasteiger partial charge in [-0.05, 0) is 228 Å². The minimum atomic E-state index is -0.214. The molecule has 0 bridgehead atoms. The quantitative estimate of drug-likeness (QED) is 0.159. The molecule has 0 aromatic heterocycles. The number of fused-ring (bicyclic) bond motifs is 9. The largest absolute Gasteiger partial charge is 0.334 e. The Bertz CT molecular complexity index is 4210. The molecule has 89 heavy (non-hydrogen) atoms. The van der Waals surface area contributed by atoms with E-state index < -0.39 is 0 Å². The standard InChI is InChI=1S/C85H100BN3/c1-53-44-62-64(82(15,16)42-40-80(62,11)12)51-72(53)88-71-37-34-59(79(8,9)10)47-67(71)86-68-50-63-65(83(17,18)43-41-81(63,13)14)52-73(68)87(69-36-33-58(78(5,6)7)46-61(69)55-26-22-21-23-27-55)74-48-60(49-75(88)76(74)86)89-70-35-30-56(54-28-31-57(32-29-54)77(2,3)4)45-66(70)84(19)38-24-25-39-85(84,89)20/h21-23,26-37,44-52H,24-25,38-43H2,1-20H3. The van der Waals surface area contributed by atoms with Crippen molar-refractivity contribution in [1.82, 2.24) is 0 Å². The summed E-state index contributed by atoms with van der Waals surface area (Å²) in [6.07, 6.45) is 9.31. The predicted molar refractivity (Wildman–Crippen MR) is 386 cm³/mol. The molecule has 14 rings (SSSR count). The van der Waals surface area contributed by atoms with Crippen LogP contribution < -0.4 is 31.1 Å². The van der Waals surface area contributed by atoms with Gasteiger partial charge >= 0.3 is 0 Å². The Morgan fingerprint density at radius 3 is 1.42 bits per heavy atom. The van der Waals surface area contributed by atoms with E-state index in [4.69, 9.17) is 0 Å². The van der Waals surface area contributed by atoms with Gasteiger partial charge in [-0.3, -0.25) is 0 Å². The predicted octanol–water partition coefficient (Wildman–Crippen LogP) is 21.7. The molecule has 0 N–H and O–H groups in total. The van der Waals surface area contributed by atoms with Crippen molar-refractivity contribution in [1.29, 1.82) is 0 Å². The lowest BCUT2D eigenvalue weighted by Gasteiger charge is -2.51. The highest BCUT2D eigenvalue weighted by atomic mass is 15.3. The molecule has 3 nitrogen and oxygen atoms in total. The van der Waals surface area contributed by atoms with Gasteiger partial charge in [-0.1, -0.05) is 228 Å². The summed E-state index contributed by atoms with van der Waals surface area (Å²) in [4.78, 5) is 8.47. The number of hydrogen-bond acceptors (Lipinski definition) is 3. The van der Waals surface area contributed by atoms with E-state index in [2.05, 4.69) is 299 Å². The molecule has 0 amide bonds. The SMILES string of the molecule is Cc1cc2c(cc1N1c3ccc(C(C)(C)C)cc3B3c4cc5c(cc4N(c4ccc(C(C)(C)C)cc4-c4ccccc4)c4cc(N6c7ccc(-c8ccc(C(C)(C)C)cc8)cc7C7(C)CCCCC67C)cc1c43)C(C)(C)CCC5(C)C)C(C)(C)CCC2(C)C. The second kappa shape index (κ2) is 19.6. The fraction of sp³-hybridized carbons (Fsp3) is 0.435. The lowest BCUT2D eigenvalue weighted by Crippen LogP contribution is -2.62. The lowest BCUT2D eigenvalue weighted by molar-refractivity contribution is 0.195. The van der Waals surface area contributed by atoms with Gasteiger partial charge in [-0.15, -0.1) is 0 Å². The van der Waals surface area contributed by atoms with Gasteiger partial charge in [0.15, 0.2) is 0 Å². The van der Waals surface area contributed by atoms with Gasteiger partial charge in [0.1, 0.15) is 0 Å². The van der Waals surface area contributed by atoms with Crippen molar-refractivity contribution in [2.45, 2.75) is 239 Å². The highest BCUT2D eigenvalue weighted by Crippen LogP contribution is 2.63. The Morgan fingerprint density at radius 2 is 0.831 bits per heavy atom. The van der Waals surface area contributed by atoms with Crippen LogP contribution in [0.3, 0.4) is 0 Å². The molecule has 8 aromatic carbocycles. The summed E-state index contributed by atoms with van der Waals surface area (Å²) in [5.74, 6) is 0. The molecule has 0 saturated heterocycles. The minimum Gasteiger partial charge on any atom is -0.334 e. The molecule has 2 atom stereocenters. The highest BCUT2D eigenvalue weighted by Gasteiger charge is 2.59. The van der Waals surface area contributed by atoms with Gasteiger partial charge in [0.25, 0.3) is 6.71 Å². The first-order valence-corrected chi connectivity index (χ1v) is 34.2. The molecule has 3 heterocycles. The van der Waals surface area contributed by atoms with E-state index in [1.54, 1.807) is 0 Å². The van der Waals surface area contributed by atoms with E-state index in [0.717, 1.165) is 32.1 Å². The Labute approximate surface area is 536 Å². The summed E-state index contributed by atoms with van der Waals surface area (Å²) in [6, 6.07) is 59.6. The number of hydrogen-bond donors (Lipinski definition) is 0. The molecule has 3 aliphatic carbocycles. The molecular formula is C85H100BN3. The molecule has 1 saturated carbocycles. The molecule has 0 radical (unpaired) electrons. The van der Waals surface area contributed by atoms with Gasteiger partial charge in [-0.25, -0.2) is 0 Å². The topological polar surface area (TPSA) is 9.72 Å². The van der Waals surface area contributed by atoms with Crippen LogP contribution in [0.15, 0.2) is 146 Å². The van der Waals surface area contributed by atoms with Gasteiger partial charge in [0.2, 0.25) is 0 Å². The average molecular weight is 1170 g/mol. The molecule has 3 aliphatic heterocycles. The molecule has 6 aliphatic rings. The third-order valence-corrected chi connectivity index (χ3v) is 23.9. The molecule has 8 aromatic rings. The van der Waals surface area contributed by atoms with E-state index in [0.29, 0.717) is 0 Å². The minimum absolute atomic E-state index is 0.000173. The maximum Gasteiger partial charge on any atom is 0.252 e. The normalized spacial score (nSPS) is 21.7. The van der Waals surface area contributed by atoms with Gasteiger partial charge in [0.05, 0.1) is 11.2 Å². The second-order valence-corrected chi connectivity index (χ2v) is 34.8. The van der Waals surface area contributed by atoms with Crippen molar-refractivity contribution in [3.63, 3.8) is 0 Å². The van der Waals surface area contributed by atoms with Crippen molar-refractivity contribution in [2.24, 2.45) is 0 Å². The zero-order valence-electron chi connectivity index (χ0n) is 57.9. The van der Waals surface area contributed by atoms with Crippen molar-refractivity contribution in [3.8, 4) is 22.3 Å². The van der Waals surface area contributed by atoms with E-state index in [-0.39, 0.29) is 55.6 Å².